The Morgan fingerprint density at radius 3 is 2.50 bits per heavy atom. The van der Waals surface area contributed by atoms with E-state index >= 15 is 0 Å². The van der Waals surface area contributed by atoms with Crippen molar-refractivity contribution < 1.29 is 13.9 Å². The lowest BCUT2D eigenvalue weighted by atomic mass is 10.2. The first-order chi connectivity index (χ1) is 8.24. The highest BCUT2D eigenvalue weighted by molar-refractivity contribution is 9.10. The third-order valence-corrected chi connectivity index (χ3v) is 2.77. The molecule has 0 atom stereocenters. The number of carbonyl (C=O) groups excluding carboxylic acids is 1. The predicted octanol–water partition coefficient (Wildman–Crippen LogP) is 4.35. The van der Waals surface area contributed by atoms with Gasteiger partial charge < -0.3 is 4.74 Å². The molecule has 0 heterocycles. The lowest BCUT2D eigenvalue weighted by Gasteiger charge is -2.27. The topological polar surface area (TPSA) is 29.5 Å². The quantitative estimate of drug-likeness (QED) is 0.811. The van der Waals surface area contributed by atoms with Gasteiger partial charge in [0.25, 0.3) is 0 Å². The summed E-state index contributed by atoms with van der Waals surface area (Å²) in [6.45, 7) is 7.69. The maximum atomic E-state index is 13.0. The zero-order valence-electron chi connectivity index (χ0n) is 11.0. The summed E-state index contributed by atoms with van der Waals surface area (Å²) < 4.78 is 18.8. The smallest absolute Gasteiger partial charge is 0.414 e. The van der Waals surface area contributed by atoms with Crippen molar-refractivity contribution in [1.82, 2.24) is 0 Å². The van der Waals surface area contributed by atoms with E-state index in [-0.39, 0.29) is 5.82 Å². The van der Waals surface area contributed by atoms with Crippen LogP contribution in [0.3, 0.4) is 0 Å². The summed E-state index contributed by atoms with van der Waals surface area (Å²) in [7, 11) is 0. The molecule has 0 aliphatic carbocycles. The van der Waals surface area contributed by atoms with Crippen molar-refractivity contribution in [2.24, 2.45) is 0 Å². The number of benzene rings is 1. The van der Waals surface area contributed by atoms with E-state index in [0.29, 0.717) is 16.7 Å². The monoisotopic (exact) mass is 317 g/mol. The predicted molar refractivity (Wildman–Crippen MR) is 73.4 cm³/mol. The maximum absolute atomic E-state index is 13.0. The Morgan fingerprint density at radius 2 is 2.06 bits per heavy atom. The number of rotatable bonds is 2. The number of hydrogen-bond acceptors (Lipinski definition) is 2. The highest BCUT2D eigenvalue weighted by atomic mass is 79.9. The maximum Gasteiger partial charge on any atom is 0.414 e. The summed E-state index contributed by atoms with van der Waals surface area (Å²) in [4.78, 5) is 13.5. The van der Waals surface area contributed by atoms with Crippen LogP contribution in [0.4, 0.5) is 14.9 Å². The van der Waals surface area contributed by atoms with Crippen LogP contribution in [0.1, 0.15) is 27.7 Å². The summed E-state index contributed by atoms with van der Waals surface area (Å²) in [6, 6.07) is 4.18. The van der Waals surface area contributed by atoms with Gasteiger partial charge >= 0.3 is 6.09 Å². The highest BCUT2D eigenvalue weighted by Crippen LogP contribution is 2.28. The van der Waals surface area contributed by atoms with Crippen LogP contribution in [0.2, 0.25) is 0 Å². The Balaban J connectivity index is 2.99. The van der Waals surface area contributed by atoms with Gasteiger partial charge in [-0.15, -0.1) is 0 Å². The molecular weight excluding hydrogens is 301 g/mol. The van der Waals surface area contributed by atoms with Crippen LogP contribution in [0.15, 0.2) is 22.7 Å². The van der Waals surface area contributed by atoms with Crippen LogP contribution in [0.5, 0.6) is 0 Å². The van der Waals surface area contributed by atoms with E-state index in [1.807, 2.05) is 6.92 Å². The largest absolute Gasteiger partial charge is 0.443 e. The fourth-order valence-electron chi connectivity index (χ4n) is 1.41. The number of amides is 1. The summed E-state index contributed by atoms with van der Waals surface area (Å²) in [5.41, 5.74) is 0.0324. The molecule has 0 aromatic heterocycles. The third kappa shape index (κ3) is 3.98. The molecule has 1 rings (SSSR count). The van der Waals surface area contributed by atoms with Crippen molar-refractivity contribution in [3.05, 3.63) is 28.5 Å². The zero-order chi connectivity index (χ0) is 13.9. The molecule has 5 heteroatoms. The van der Waals surface area contributed by atoms with Crippen molar-refractivity contribution in [2.45, 2.75) is 33.3 Å². The standard InChI is InChI=1S/C13H17BrFNO2/c1-5-16(12(17)18-13(2,3)4)11-7-6-9(15)8-10(11)14/h6-8H,5H2,1-4H3. The van der Waals surface area contributed by atoms with Gasteiger partial charge in [-0.25, -0.2) is 9.18 Å². The second-order valence-electron chi connectivity index (χ2n) is 4.82. The first-order valence-corrected chi connectivity index (χ1v) is 6.49. The Kier molecular flexibility index (Phi) is 4.73. The van der Waals surface area contributed by atoms with Gasteiger partial charge in [0, 0.05) is 11.0 Å². The van der Waals surface area contributed by atoms with E-state index < -0.39 is 11.7 Å². The Morgan fingerprint density at radius 1 is 1.44 bits per heavy atom. The molecule has 0 aliphatic rings. The number of nitrogens with zero attached hydrogens (tertiary/aromatic N) is 1. The molecule has 0 saturated carbocycles. The van der Waals surface area contributed by atoms with Crippen molar-refractivity contribution in [3.63, 3.8) is 0 Å². The molecule has 0 spiro atoms. The first-order valence-electron chi connectivity index (χ1n) is 5.70. The van der Waals surface area contributed by atoms with Gasteiger partial charge in [-0.2, -0.15) is 0 Å². The highest BCUT2D eigenvalue weighted by Gasteiger charge is 2.23. The number of anilines is 1. The van der Waals surface area contributed by atoms with Crippen molar-refractivity contribution in [2.75, 3.05) is 11.4 Å². The molecule has 0 fully saturated rings. The first kappa shape index (κ1) is 15.0. The van der Waals surface area contributed by atoms with E-state index in [9.17, 15) is 9.18 Å². The molecule has 0 radical (unpaired) electrons. The van der Waals surface area contributed by atoms with Gasteiger partial charge in [0.15, 0.2) is 0 Å². The normalized spacial score (nSPS) is 11.2. The van der Waals surface area contributed by atoms with Crippen LogP contribution < -0.4 is 4.90 Å². The fraction of sp³-hybridized carbons (Fsp3) is 0.462. The molecule has 100 valence electrons. The van der Waals surface area contributed by atoms with Gasteiger partial charge in [-0.1, -0.05) is 0 Å². The van der Waals surface area contributed by atoms with Crippen LogP contribution >= 0.6 is 15.9 Å². The number of carbonyl (C=O) groups is 1. The Labute approximate surface area is 115 Å². The summed E-state index contributed by atoms with van der Waals surface area (Å²) in [6.07, 6.45) is -0.447. The average molecular weight is 318 g/mol. The summed E-state index contributed by atoms with van der Waals surface area (Å²) in [5, 5.41) is 0. The molecular formula is C13H17BrFNO2. The minimum Gasteiger partial charge on any atom is -0.443 e. The van der Waals surface area contributed by atoms with Crippen LogP contribution in [-0.4, -0.2) is 18.2 Å². The lowest BCUT2D eigenvalue weighted by Crippen LogP contribution is -2.36. The van der Waals surface area contributed by atoms with Crippen molar-refractivity contribution in [3.8, 4) is 0 Å². The third-order valence-electron chi connectivity index (χ3n) is 2.13. The van der Waals surface area contributed by atoms with Gasteiger partial charge in [-0.05, 0) is 61.8 Å². The van der Waals surface area contributed by atoms with Crippen LogP contribution in [0.25, 0.3) is 0 Å². The summed E-state index contributed by atoms with van der Waals surface area (Å²) in [5.74, 6) is -0.356. The average Bonchev–Trinajstić information content (AvgIpc) is 2.19. The molecule has 0 aliphatic heterocycles. The molecule has 1 amide bonds. The second kappa shape index (κ2) is 5.69. The van der Waals surface area contributed by atoms with E-state index in [2.05, 4.69) is 15.9 Å². The lowest BCUT2D eigenvalue weighted by molar-refractivity contribution is 0.0582. The number of ether oxygens (including phenoxy) is 1. The Bertz CT molecular complexity index is 443. The van der Waals surface area contributed by atoms with E-state index in [4.69, 9.17) is 4.74 Å². The van der Waals surface area contributed by atoms with Crippen LogP contribution in [-0.2, 0) is 4.74 Å². The summed E-state index contributed by atoms with van der Waals surface area (Å²) >= 11 is 3.25. The van der Waals surface area contributed by atoms with Gasteiger partial charge in [0.2, 0.25) is 0 Å². The van der Waals surface area contributed by atoms with Crippen LogP contribution in [0, 0.1) is 5.82 Å². The van der Waals surface area contributed by atoms with E-state index in [0.717, 1.165) is 0 Å². The molecule has 0 saturated heterocycles. The van der Waals surface area contributed by atoms with Gasteiger partial charge in [0.1, 0.15) is 11.4 Å². The van der Waals surface area contributed by atoms with E-state index in [1.54, 1.807) is 26.8 Å². The molecule has 0 unspecified atom stereocenters. The molecule has 1 aromatic carbocycles. The van der Waals surface area contributed by atoms with Crippen molar-refractivity contribution >= 4 is 27.7 Å². The number of hydrogen-bond donors (Lipinski definition) is 0. The molecule has 18 heavy (non-hydrogen) atoms. The second-order valence-corrected chi connectivity index (χ2v) is 5.67. The molecule has 0 N–H and O–H groups in total. The van der Waals surface area contributed by atoms with Crippen molar-refractivity contribution in [1.29, 1.82) is 0 Å². The molecule has 0 bridgehead atoms. The number of halogens is 2. The van der Waals surface area contributed by atoms with E-state index in [1.165, 1.54) is 17.0 Å². The minimum atomic E-state index is -0.559. The SMILES string of the molecule is CCN(C(=O)OC(C)(C)C)c1ccc(F)cc1Br. The van der Waals surface area contributed by atoms with Gasteiger partial charge in [-0.3, -0.25) is 4.90 Å². The Hall–Kier alpha value is -1.10. The molecule has 1 aromatic rings. The minimum absolute atomic E-state index is 0.356. The van der Waals surface area contributed by atoms with Gasteiger partial charge in [0.05, 0.1) is 5.69 Å². The molecule has 3 nitrogen and oxygen atoms in total. The fourth-order valence-corrected chi connectivity index (χ4v) is 1.98. The zero-order valence-corrected chi connectivity index (χ0v) is 12.5.